The normalized spacial score (nSPS) is 12.9. The van der Waals surface area contributed by atoms with E-state index >= 15 is 0 Å². The molecule has 0 aliphatic carbocycles. The van der Waals surface area contributed by atoms with Gasteiger partial charge < -0.3 is 18.9 Å². The first-order valence-corrected chi connectivity index (χ1v) is 19.1. The van der Waals surface area contributed by atoms with Crippen LogP contribution >= 0.6 is 0 Å². The van der Waals surface area contributed by atoms with Crippen molar-refractivity contribution in [2.45, 2.75) is 66.2 Å². The van der Waals surface area contributed by atoms with Crippen molar-refractivity contribution in [2.24, 2.45) is 22.0 Å². The second-order valence-electron chi connectivity index (χ2n) is 13.2. The van der Waals surface area contributed by atoms with Crippen LogP contribution in [-0.4, -0.2) is 61.7 Å². The summed E-state index contributed by atoms with van der Waals surface area (Å²) in [4.78, 5) is 54.4. The molecule has 0 aromatic heterocycles. The number of aryl methyl sites for hydroxylation is 2. The van der Waals surface area contributed by atoms with Gasteiger partial charge in [0.25, 0.3) is 0 Å². The third-order valence-corrected chi connectivity index (χ3v) is 9.31. The van der Waals surface area contributed by atoms with Crippen molar-refractivity contribution < 1.29 is 38.1 Å². The second-order valence-corrected chi connectivity index (χ2v) is 13.2. The van der Waals surface area contributed by atoms with Gasteiger partial charge in [0.2, 0.25) is 0 Å². The van der Waals surface area contributed by atoms with E-state index in [9.17, 15) is 19.2 Å². The van der Waals surface area contributed by atoms with Crippen LogP contribution in [0, 0.1) is 25.7 Å². The fourth-order valence-electron chi connectivity index (χ4n) is 6.49. The van der Waals surface area contributed by atoms with Gasteiger partial charge in [0.1, 0.15) is 0 Å². The standard InChI is InChI=1S/C46H52N2O8/c1-7-53-43(49)41(44(50)54-8-2)37(33-25-21-31(5)22-26-33)29-39(35-17-13-11-14-18-35)47-48-40(36-19-15-12-16-20-36)30-38(34-27-23-32(6)24-28-34)42(45(51)55-9-3)46(52)56-10-4/h11-28,37-38,41-42H,7-10,29-30H2,1-6H3/b47-39+,48-40+. The van der Waals surface area contributed by atoms with Crippen molar-refractivity contribution in [1.29, 1.82) is 0 Å². The molecule has 10 heteroatoms. The SMILES string of the molecule is CCOC(=O)C(C(=O)OCC)C(C/C(=N\N=C(/CC(c1ccc(C)cc1)C(C(=O)OCC)C(=O)OCC)c1ccccc1)c1ccccc1)c1ccc(C)cc1. The minimum Gasteiger partial charge on any atom is -0.465 e. The van der Waals surface area contributed by atoms with Gasteiger partial charge in [-0.1, -0.05) is 120 Å². The van der Waals surface area contributed by atoms with Crippen LogP contribution in [0.15, 0.2) is 119 Å². The van der Waals surface area contributed by atoms with Crippen molar-refractivity contribution in [3.63, 3.8) is 0 Å². The molecule has 2 unspecified atom stereocenters. The molecule has 2 atom stereocenters. The smallest absolute Gasteiger partial charge is 0.320 e. The number of benzene rings is 4. The minimum absolute atomic E-state index is 0.0838. The molecule has 4 aromatic carbocycles. The molecule has 0 spiro atoms. The van der Waals surface area contributed by atoms with E-state index in [-0.39, 0.29) is 39.3 Å². The van der Waals surface area contributed by atoms with E-state index in [1.807, 2.05) is 123 Å². The van der Waals surface area contributed by atoms with Gasteiger partial charge in [-0.15, -0.1) is 0 Å². The highest BCUT2D eigenvalue weighted by atomic mass is 16.6. The number of hydrogen-bond acceptors (Lipinski definition) is 10. The lowest BCUT2D eigenvalue weighted by Gasteiger charge is -2.26. The molecule has 0 heterocycles. The van der Waals surface area contributed by atoms with Crippen molar-refractivity contribution >= 4 is 35.3 Å². The summed E-state index contributed by atoms with van der Waals surface area (Å²) >= 11 is 0. The summed E-state index contributed by atoms with van der Waals surface area (Å²) < 4.78 is 21.8. The molecule has 0 amide bonds. The monoisotopic (exact) mass is 760 g/mol. The Morgan fingerprint density at radius 2 is 0.732 bits per heavy atom. The van der Waals surface area contributed by atoms with Gasteiger partial charge >= 0.3 is 23.9 Å². The molecule has 0 saturated carbocycles. The predicted octanol–water partition coefficient (Wildman–Crippen LogP) is 8.33. The van der Waals surface area contributed by atoms with Gasteiger partial charge in [-0.25, -0.2) is 0 Å². The summed E-state index contributed by atoms with van der Waals surface area (Å²) in [6, 6.07) is 34.1. The third kappa shape index (κ3) is 11.8. The Kier molecular flexibility index (Phi) is 16.7. The molecule has 0 fully saturated rings. The van der Waals surface area contributed by atoms with Crippen LogP contribution in [0.5, 0.6) is 0 Å². The van der Waals surface area contributed by atoms with E-state index in [4.69, 9.17) is 29.2 Å². The molecule has 294 valence electrons. The van der Waals surface area contributed by atoms with E-state index in [0.29, 0.717) is 11.4 Å². The summed E-state index contributed by atoms with van der Waals surface area (Å²) in [6.07, 6.45) is 0.215. The third-order valence-electron chi connectivity index (χ3n) is 9.31. The molecular formula is C46H52N2O8. The van der Waals surface area contributed by atoms with E-state index in [1.54, 1.807) is 27.7 Å². The highest BCUT2D eigenvalue weighted by Crippen LogP contribution is 2.35. The summed E-state index contributed by atoms with van der Waals surface area (Å²) in [5, 5.41) is 9.79. The molecule has 0 N–H and O–H groups in total. The van der Waals surface area contributed by atoms with Crippen LogP contribution in [0.3, 0.4) is 0 Å². The first kappa shape index (κ1) is 42.8. The molecule has 0 saturated heterocycles. The Hall–Kier alpha value is -5.90. The number of rotatable bonds is 19. The predicted molar refractivity (Wildman–Crippen MR) is 217 cm³/mol. The first-order valence-electron chi connectivity index (χ1n) is 19.1. The van der Waals surface area contributed by atoms with Crippen LogP contribution in [0.4, 0.5) is 0 Å². The molecule has 4 aromatic rings. The lowest BCUT2D eigenvalue weighted by Crippen LogP contribution is -2.35. The number of ether oxygens (including phenoxy) is 4. The topological polar surface area (TPSA) is 130 Å². The van der Waals surface area contributed by atoms with E-state index < -0.39 is 47.5 Å². The average Bonchev–Trinajstić information content (AvgIpc) is 3.19. The van der Waals surface area contributed by atoms with E-state index in [1.165, 1.54) is 0 Å². The van der Waals surface area contributed by atoms with Crippen LogP contribution < -0.4 is 0 Å². The Morgan fingerprint density at radius 3 is 1.00 bits per heavy atom. The Labute approximate surface area is 329 Å². The van der Waals surface area contributed by atoms with Crippen molar-refractivity contribution in [3.8, 4) is 0 Å². The zero-order chi connectivity index (χ0) is 40.5. The molecule has 56 heavy (non-hydrogen) atoms. The number of nitrogens with zero attached hydrogens (tertiary/aromatic N) is 2. The molecule has 0 aliphatic heterocycles. The quantitative estimate of drug-likeness (QED) is 0.0307. The molecule has 10 nitrogen and oxygen atoms in total. The largest absolute Gasteiger partial charge is 0.465 e. The van der Waals surface area contributed by atoms with E-state index in [0.717, 1.165) is 33.4 Å². The molecular weight excluding hydrogens is 709 g/mol. The van der Waals surface area contributed by atoms with Crippen LogP contribution in [0.1, 0.15) is 85.8 Å². The van der Waals surface area contributed by atoms with Crippen LogP contribution in [0.2, 0.25) is 0 Å². The summed E-state index contributed by atoms with van der Waals surface area (Å²) in [5.41, 5.74) is 5.89. The maximum Gasteiger partial charge on any atom is 0.320 e. The van der Waals surface area contributed by atoms with Crippen LogP contribution in [-0.2, 0) is 38.1 Å². The van der Waals surface area contributed by atoms with Gasteiger partial charge in [-0.2, -0.15) is 10.2 Å². The summed E-state index contributed by atoms with van der Waals surface area (Å²) in [7, 11) is 0. The number of carbonyl (C=O) groups excluding carboxylic acids is 4. The summed E-state index contributed by atoms with van der Waals surface area (Å²) in [5.74, 6) is -6.81. The lowest BCUT2D eigenvalue weighted by atomic mass is 9.80. The van der Waals surface area contributed by atoms with Gasteiger partial charge in [-0.3, -0.25) is 19.2 Å². The highest BCUT2D eigenvalue weighted by Gasteiger charge is 2.41. The second kappa shape index (κ2) is 21.9. The molecule has 0 bridgehead atoms. The van der Waals surface area contributed by atoms with Gasteiger partial charge in [0.15, 0.2) is 11.8 Å². The number of esters is 4. The van der Waals surface area contributed by atoms with Gasteiger partial charge in [-0.05, 0) is 63.8 Å². The maximum absolute atomic E-state index is 13.6. The minimum atomic E-state index is -1.29. The molecule has 0 aliphatic rings. The number of hydrogen-bond donors (Lipinski definition) is 0. The lowest BCUT2D eigenvalue weighted by molar-refractivity contribution is -0.164. The Balaban J connectivity index is 1.95. The molecule has 4 rings (SSSR count). The number of carbonyl (C=O) groups is 4. The Bertz CT molecular complexity index is 1760. The van der Waals surface area contributed by atoms with Crippen molar-refractivity contribution in [2.75, 3.05) is 26.4 Å². The fraction of sp³-hybridized carbons (Fsp3) is 0.348. The fourth-order valence-corrected chi connectivity index (χ4v) is 6.49. The van der Waals surface area contributed by atoms with Gasteiger partial charge in [0.05, 0.1) is 37.9 Å². The maximum atomic E-state index is 13.6. The Morgan fingerprint density at radius 1 is 0.446 bits per heavy atom. The zero-order valence-electron chi connectivity index (χ0n) is 33.1. The first-order chi connectivity index (χ1) is 27.1. The van der Waals surface area contributed by atoms with Gasteiger partial charge in [0, 0.05) is 24.7 Å². The van der Waals surface area contributed by atoms with Crippen molar-refractivity contribution in [1.82, 2.24) is 0 Å². The zero-order valence-corrected chi connectivity index (χ0v) is 33.1. The average molecular weight is 761 g/mol. The highest BCUT2D eigenvalue weighted by molar-refractivity contribution is 6.06. The molecule has 0 radical (unpaired) electrons. The van der Waals surface area contributed by atoms with Crippen LogP contribution in [0.25, 0.3) is 0 Å². The van der Waals surface area contributed by atoms with Crippen molar-refractivity contribution in [3.05, 3.63) is 143 Å². The summed E-state index contributed by atoms with van der Waals surface area (Å²) in [6.45, 7) is 11.0. The van der Waals surface area contributed by atoms with E-state index in [2.05, 4.69) is 0 Å².